The Labute approximate surface area is 186 Å². The third kappa shape index (κ3) is 5.47. The molecule has 1 fully saturated rings. The molecule has 156 valence electrons. The summed E-state index contributed by atoms with van der Waals surface area (Å²) in [6.07, 6.45) is 5.17. The number of hydrogen-bond donors (Lipinski definition) is 0. The van der Waals surface area contributed by atoms with E-state index in [1.807, 2.05) is 0 Å². The standard InChI is InChI=1S/C25H32O2Si3/c1-4-12-22(13-5-1)20-28-26-30(25-18-10-11-19-25,24-16-8-3-9-17-24)27-29-21-23-14-6-2-7-15-23/h1-9,12-17,25H,10-11,18-21,28-29H2. The summed E-state index contributed by atoms with van der Waals surface area (Å²) in [5.41, 5.74) is 3.40. The lowest BCUT2D eigenvalue weighted by Gasteiger charge is -2.37. The maximum Gasteiger partial charge on any atom is 0.354 e. The minimum absolute atomic E-state index is 0.603. The fourth-order valence-corrected chi connectivity index (χ4v) is 15.6. The van der Waals surface area contributed by atoms with Crippen LogP contribution in [0.5, 0.6) is 0 Å². The molecule has 2 nitrogen and oxygen atoms in total. The third-order valence-corrected chi connectivity index (χ3v) is 15.6. The average Bonchev–Trinajstić information content (AvgIpc) is 3.36. The zero-order chi connectivity index (χ0) is 20.5. The van der Waals surface area contributed by atoms with Crippen molar-refractivity contribution < 1.29 is 8.23 Å². The molecule has 0 aliphatic heterocycles. The van der Waals surface area contributed by atoms with Gasteiger partial charge in [-0.25, -0.2) is 0 Å². The van der Waals surface area contributed by atoms with Crippen LogP contribution in [0.1, 0.15) is 36.8 Å². The van der Waals surface area contributed by atoms with E-state index in [2.05, 4.69) is 91.0 Å². The van der Waals surface area contributed by atoms with Crippen molar-refractivity contribution in [2.24, 2.45) is 0 Å². The summed E-state index contributed by atoms with van der Waals surface area (Å²) < 4.78 is 14.1. The van der Waals surface area contributed by atoms with Crippen molar-refractivity contribution in [2.75, 3.05) is 0 Å². The Kier molecular flexibility index (Phi) is 7.88. The first kappa shape index (κ1) is 21.5. The molecule has 5 heteroatoms. The molecule has 0 radical (unpaired) electrons. The van der Waals surface area contributed by atoms with E-state index in [4.69, 9.17) is 8.23 Å². The topological polar surface area (TPSA) is 18.5 Å². The first-order valence-corrected chi connectivity index (χ1v) is 16.3. The Bertz CT molecular complexity index is 823. The minimum Gasteiger partial charge on any atom is -0.438 e. The molecule has 0 amide bonds. The van der Waals surface area contributed by atoms with Gasteiger partial charge in [-0.1, -0.05) is 104 Å². The summed E-state index contributed by atoms with van der Waals surface area (Å²) in [5.74, 6) is 0. The second-order valence-electron chi connectivity index (χ2n) is 8.18. The Morgan fingerprint density at radius 2 is 1.07 bits per heavy atom. The largest absolute Gasteiger partial charge is 0.438 e. The molecule has 3 aromatic rings. The summed E-state index contributed by atoms with van der Waals surface area (Å²) in [5, 5.41) is 1.36. The van der Waals surface area contributed by atoms with Crippen LogP contribution in [-0.4, -0.2) is 28.1 Å². The lowest BCUT2D eigenvalue weighted by Crippen LogP contribution is -2.58. The molecule has 0 N–H and O–H groups in total. The van der Waals surface area contributed by atoms with Gasteiger partial charge in [0, 0.05) is 5.54 Å². The van der Waals surface area contributed by atoms with E-state index in [0.717, 1.165) is 12.1 Å². The van der Waals surface area contributed by atoms with Gasteiger partial charge in [0.25, 0.3) is 0 Å². The van der Waals surface area contributed by atoms with Crippen LogP contribution in [0.3, 0.4) is 0 Å². The number of benzene rings is 3. The lowest BCUT2D eigenvalue weighted by molar-refractivity contribution is 0.399. The summed E-state index contributed by atoms with van der Waals surface area (Å²) in [4.78, 5) is 0. The van der Waals surface area contributed by atoms with Crippen LogP contribution < -0.4 is 5.19 Å². The van der Waals surface area contributed by atoms with Crippen LogP contribution >= 0.6 is 0 Å². The van der Waals surface area contributed by atoms with Gasteiger partial charge in [-0.15, -0.1) is 0 Å². The molecule has 3 aromatic carbocycles. The van der Waals surface area contributed by atoms with Crippen molar-refractivity contribution in [1.82, 2.24) is 0 Å². The van der Waals surface area contributed by atoms with Gasteiger partial charge in [0.15, 0.2) is 19.5 Å². The quantitative estimate of drug-likeness (QED) is 0.438. The molecule has 30 heavy (non-hydrogen) atoms. The summed E-state index contributed by atoms with van der Waals surface area (Å²) in [6, 6.07) is 34.8. The summed E-state index contributed by atoms with van der Waals surface area (Å²) in [6.45, 7) is 0. The van der Waals surface area contributed by atoms with Gasteiger partial charge in [0.2, 0.25) is 0 Å². The predicted molar refractivity (Wildman–Crippen MR) is 134 cm³/mol. The van der Waals surface area contributed by atoms with Crippen molar-refractivity contribution in [2.45, 2.75) is 43.3 Å². The highest BCUT2D eigenvalue weighted by molar-refractivity contribution is 6.87. The van der Waals surface area contributed by atoms with Gasteiger partial charge in [0.1, 0.15) is 0 Å². The van der Waals surface area contributed by atoms with Crippen LogP contribution in [0.2, 0.25) is 5.54 Å². The fourth-order valence-electron chi connectivity index (χ4n) is 4.59. The Hall–Kier alpha value is -1.77. The maximum atomic E-state index is 7.03. The van der Waals surface area contributed by atoms with Crippen molar-refractivity contribution >= 4 is 33.3 Å². The number of rotatable bonds is 10. The highest BCUT2D eigenvalue weighted by Crippen LogP contribution is 2.39. The maximum absolute atomic E-state index is 7.03. The monoisotopic (exact) mass is 448 g/mol. The van der Waals surface area contributed by atoms with E-state index >= 15 is 0 Å². The van der Waals surface area contributed by atoms with E-state index in [1.54, 1.807) is 0 Å². The molecule has 0 unspecified atom stereocenters. The summed E-state index contributed by atoms with van der Waals surface area (Å²) >= 11 is 0. The molecular weight excluding hydrogens is 417 g/mol. The van der Waals surface area contributed by atoms with Gasteiger partial charge in [-0.2, -0.15) is 0 Å². The fraction of sp³-hybridized carbons (Fsp3) is 0.280. The van der Waals surface area contributed by atoms with Crippen molar-refractivity contribution in [3.63, 3.8) is 0 Å². The highest BCUT2D eigenvalue weighted by atomic mass is 28.4. The van der Waals surface area contributed by atoms with Gasteiger partial charge in [0.05, 0.1) is 0 Å². The smallest absolute Gasteiger partial charge is 0.354 e. The van der Waals surface area contributed by atoms with Crippen LogP contribution in [0, 0.1) is 0 Å². The van der Waals surface area contributed by atoms with Crippen LogP contribution in [0.4, 0.5) is 0 Å². The molecule has 0 bridgehead atoms. The molecule has 1 saturated carbocycles. The Morgan fingerprint density at radius 1 is 0.633 bits per heavy atom. The number of hydrogen-bond acceptors (Lipinski definition) is 2. The molecular formula is C25H32O2Si3. The molecule has 0 atom stereocenters. The van der Waals surface area contributed by atoms with E-state index in [1.165, 1.54) is 42.0 Å². The zero-order valence-corrected chi connectivity index (χ0v) is 21.5. The second-order valence-corrected chi connectivity index (χ2v) is 15.0. The molecule has 4 rings (SSSR count). The van der Waals surface area contributed by atoms with Crippen LogP contribution in [0.25, 0.3) is 0 Å². The highest BCUT2D eigenvalue weighted by Gasteiger charge is 2.48. The van der Waals surface area contributed by atoms with Crippen molar-refractivity contribution in [3.8, 4) is 0 Å². The van der Waals surface area contributed by atoms with Gasteiger partial charge in [-0.3, -0.25) is 0 Å². The molecule has 1 aliphatic rings. The first-order chi connectivity index (χ1) is 14.9. The van der Waals surface area contributed by atoms with E-state index < -0.39 is 28.1 Å². The van der Waals surface area contributed by atoms with Gasteiger partial charge < -0.3 is 8.23 Å². The van der Waals surface area contributed by atoms with Crippen molar-refractivity contribution in [1.29, 1.82) is 0 Å². The van der Waals surface area contributed by atoms with E-state index in [0.29, 0.717) is 5.54 Å². The van der Waals surface area contributed by atoms with Crippen LogP contribution in [-0.2, 0) is 20.3 Å². The van der Waals surface area contributed by atoms with Gasteiger partial charge in [-0.05, 0) is 41.2 Å². The molecule has 0 spiro atoms. The minimum atomic E-state index is -2.42. The normalized spacial score (nSPS) is 17.2. The van der Waals surface area contributed by atoms with Crippen LogP contribution in [0.15, 0.2) is 91.0 Å². The Morgan fingerprint density at radius 3 is 1.53 bits per heavy atom. The molecule has 1 aliphatic carbocycles. The van der Waals surface area contributed by atoms with E-state index in [9.17, 15) is 0 Å². The lowest BCUT2D eigenvalue weighted by atomic mass is 10.2. The predicted octanol–water partition coefficient (Wildman–Crippen LogP) is 3.88. The summed E-state index contributed by atoms with van der Waals surface area (Å²) in [7, 11) is -3.82. The molecule has 0 saturated heterocycles. The second kappa shape index (κ2) is 11.0. The molecule has 0 aromatic heterocycles. The SMILES string of the molecule is c1ccc(C[SiH2]O[Si](O[SiH2]Cc2ccccc2)(c2ccccc2)C2CCCC2)cc1. The first-order valence-electron chi connectivity index (χ1n) is 11.3. The third-order valence-electron chi connectivity index (χ3n) is 6.17. The molecule has 0 heterocycles. The van der Waals surface area contributed by atoms with E-state index in [-0.39, 0.29) is 0 Å². The van der Waals surface area contributed by atoms with Crippen molar-refractivity contribution in [3.05, 3.63) is 102 Å². The average molecular weight is 449 g/mol. The van der Waals surface area contributed by atoms with Gasteiger partial charge >= 0.3 is 8.56 Å². The Balaban J connectivity index is 1.54. The zero-order valence-electron chi connectivity index (χ0n) is 17.7.